The summed E-state index contributed by atoms with van der Waals surface area (Å²) in [6.45, 7) is 8.96. The highest BCUT2D eigenvalue weighted by molar-refractivity contribution is 7.27. The Morgan fingerprint density at radius 2 is 0.860 bits per heavy atom. The standard InChI is InChI=1S/C47H50N2O2S6/c1-5-9-12-13-17-31-27-37(57-45(31)35-21-19-33(55-35)43-29(16-11-7-3)23-25-53-43)41-39-38(46(50)49-41)40(48-47(39)51)36-26-30(14-8-4)44(56-36)34-20-18-32(54-34)42-28(15-10-6-2)22-24-52-42/h18-27H,5-17H2,1-4H3,(H,48,51)(H,49,50). The first-order valence-corrected chi connectivity index (χ1v) is 25.7. The fourth-order valence-corrected chi connectivity index (χ4v) is 14.8. The average Bonchev–Trinajstić information content (AvgIpc) is 4.06. The van der Waals surface area contributed by atoms with Crippen molar-refractivity contribution in [1.82, 2.24) is 10.6 Å². The first-order valence-electron chi connectivity index (χ1n) is 20.6. The third-order valence-corrected chi connectivity index (χ3v) is 18.0. The lowest BCUT2D eigenvalue weighted by Crippen LogP contribution is -2.20. The fraction of sp³-hybridized carbons (Fsp3) is 0.362. The van der Waals surface area contributed by atoms with E-state index in [1.165, 1.54) is 106 Å². The molecule has 0 aromatic carbocycles. The van der Waals surface area contributed by atoms with E-state index in [1.807, 2.05) is 45.3 Å². The minimum Gasteiger partial charge on any atom is -0.320 e. The summed E-state index contributed by atoms with van der Waals surface area (Å²) in [6.07, 6.45) is 14.7. The number of amides is 2. The molecule has 0 atom stereocenters. The van der Waals surface area contributed by atoms with Gasteiger partial charge in [-0.05, 0) is 126 Å². The zero-order valence-electron chi connectivity index (χ0n) is 33.2. The Balaban J connectivity index is 1.14. The van der Waals surface area contributed by atoms with E-state index in [4.69, 9.17) is 0 Å². The number of unbranched alkanes of at least 4 members (excludes halogenated alkanes) is 5. The third-order valence-electron chi connectivity index (χ3n) is 10.8. The van der Waals surface area contributed by atoms with Gasteiger partial charge in [0.05, 0.1) is 32.3 Å². The molecular formula is C47H50N2O2S6. The second-order valence-electron chi connectivity index (χ2n) is 15.0. The van der Waals surface area contributed by atoms with Gasteiger partial charge in [0.1, 0.15) is 0 Å². The van der Waals surface area contributed by atoms with Gasteiger partial charge in [-0.2, -0.15) is 0 Å². The van der Waals surface area contributed by atoms with Crippen LogP contribution in [0.25, 0.3) is 50.4 Å². The molecule has 0 saturated heterocycles. The maximum atomic E-state index is 14.0. The van der Waals surface area contributed by atoms with Gasteiger partial charge in [-0.3, -0.25) is 9.59 Å². The average molecular weight is 867 g/mol. The summed E-state index contributed by atoms with van der Waals surface area (Å²) in [4.78, 5) is 40.2. The summed E-state index contributed by atoms with van der Waals surface area (Å²) >= 11 is 10.8. The minimum absolute atomic E-state index is 0.203. The first-order chi connectivity index (χ1) is 27.9. The molecule has 0 bridgehead atoms. The Bertz CT molecular complexity index is 2460. The van der Waals surface area contributed by atoms with Crippen LogP contribution in [0.15, 0.2) is 70.4 Å². The molecule has 0 fully saturated rings. The number of hydrogen-bond donors (Lipinski definition) is 2. The van der Waals surface area contributed by atoms with Crippen molar-refractivity contribution in [2.24, 2.45) is 0 Å². The molecule has 0 spiro atoms. The van der Waals surface area contributed by atoms with Gasteiger partial charge in [-0.1, -0.05) is 66.2 Å². The molecule has 2 amide bonds. The normalized spacial score (nSPS) is 14.0. The number of nitrogens with one attached hydrogen (secondary N) is 2. The molecule has 57 heavy (non-hydrogen) atoms. The molecule has 0 saturated carbocycles. The van der Waals surface area contributed by atoms with Crippen molar-refractivity contribution in [1.29, 1.82) is 0 Å². The number of aryl methyl sites for hydroxylation is 4. The third kappa shape index (κ3) is 8.28. The van der Waals surface area contributed by atoms with Gasteiger partial charge in [0, 0.05) is 39.0 Å². The first kappa shape index (κ1) is 40.4. The SMILES string of the molecule is CCCCCCc1cc(C2=C3C(=O)NC(c4cc(CCC)c(-c5ccc(-c6sccc6CCCC)s5)s4)=C3C(=O)N2)sc1-c1ccc(-c2sccc2CCCC)s1. The second-order valence-corrected chi connectivity index (χ2v) is 21.1. The quantitative estimate of drug-likeness (QED) is 0.0797. The molecule has 0 unspecified atom stereocenters. The Hall–Kier alpha value is -3.38. The van der Waals surface area contributed by atoms with E-state index in [-0.39, 0.29) is 11.8 Å². The van der Waals surface area contributed by atoms with Crippen molar-refractivity contribution < 1.29 is 9.59 Å². The van der Waals surface area contributed by atoms with Crippen LogP contribution in [0.5, 0.6) is 0 Å². The van der Waals surface area contributed by atoms with Crippen LogP contribution in [-0.4, -0.2) is 11.8 Å². The fourth-order valence-electron chi connectivity index (χ4n) is 7.85. The summed E-state index contributed by atoms with van der Waals surface area (Å²) in [5.74, 6) is -0.405. The van der Waals surface area contributed by atoms with E-state index in [0.29, 0.717) is 22.5 Å². The summed E-state index contributed by atoms with van der Waals surface area (Å²) < 4.78 is 0. The molecule has 0 radical (unpaired) electrons. The van der Waals surface area contributed by atoms with Gasteiger partial charge in [-0.25, -0.2) is 0 Å². The lowest BCUT2D eigenvalue weighted by atomic mass is 10.0. The lowest BCUT2D eigenvalue weighted by molar-refractivity contribution is -0.117. The smallest absolute Gasteiger partial charge is 0.258 e. The molecular weight excluding hydrogens is 817 g/mol. The molecule has 4 nitrogen and oxygen atoms in total. The molecule has 6 aromatic heterocycles. The lowest BCUT2D eigenvalue weighted by Gasteiger charge is -2.04. The van der Waals surface area contributed by atoms with Crippen LogP contribution in [0, 0.1) is 0 Å². The summed E-state index contributed by atoms with van der Waals surface area (Å²) in [7, 11) is 0. The molecule has 296 valence electrons. The molecule has 2 N–H and O–H groups in total. The maximum Gasteiger partial charge on any atom is 0.258 e. The molecule has 6 aromatic rings. The van der Waals surface area contributed by atoms with Gasteiger partial charge >= 0.3 is 0 Å². The highest BCUT2D eigenvalue weighted by Gasteiger charge is 2.42. The van der Waals surface area contributed by atoms with Crippen LogP contribution in [0.2, 0.25) is 0 Å². The van der Waals surface area contributed by atoms with Crippen LogP contribution >= 0.6 is 68.0 Å². The van der Waals surface area contributed by atoms with Crippen molar-refractivity contribution in [2.75, 3.05) is 0 Å². The van der Waals surface area contributed by atoms with Crippen LogP contribution in [0.4, 0.5) is 0 Å². The highest BCUT2D eigenvalue weighted by Crippen LogP contribution is 2.49. The van der Waals surface area contributed by atoms with E-state index < -0.39 is 0 Å². The van der Waals surface area contributed by atoms with Gasteiger partial charge in [0.25, 0.3) is 11.8 Å². The second kappa shape index (κ2) is 18.3. The number of fused-ring (bicyclic) bond motifs is 1. The topological polar surface area (TPSA) is 58.2 Å². The maximum absolute atomic E-state index is 14.0. The van der Waals surface area contributed by atoms with Gasteiger partial charge in [-0.15, -0.1) is 68.0 Å². The largest absolute Gasteiger partial charge is 0.320 e. The number of carbonyl (C=O) groups is 2. The number of thiophene rings is 6. The Labute approximate surface area is 361 Å². The van der Waals surface area contributed by atoms with Crippen molar-refractivity contribution in [2.45, 2.75) is 111 Å². The molecule has 2 aliphatic heterocycles. The van der Waals surface area contributed by atoms with Gasteiger partial charge < -0.3 is 10.6 Å². The number of carbonyl (C=O) groups excluding carboxylic acids is 2. The van der Waals surface area contributed by atoms with Crippen molar-refractivity contribution >= 4 is 91.2 Å². The van der Waals surface area contributed by atoms with E-state index in [2.05, 4.69) is 97.6 Å². The van der Waals surface area contributed by atoms with Crippen molar-refractivity contribution in [3.05, 3.63) is 102 Å². The molecule has 2 aliphatic rings. The summed E-state index contributed by atoms with van der Waals surface area (Å²) in [6, 6.07) is 18.1. The number of rotatable bonds is 19. The zero-order valence-corrected chi connectivity index (χ0v) is 38.1. The van der Waals surface area contributed by atoms with Crippen molar-refractivity contribution in [3.8, 4) is 39.0 Å². The molecule has 8 heterocycles. The Morgan fingerprint density at radius 3 is 1.32 bits per heavy atom. The van der Waals surface area contributed by atoms with E-state index in [1.54, 1.807) is 22.7 Å². The molecule has 0 aliphatic carbocycles. The van der Waals surface area contributed by atoms with E-state index in [9.17, 15) is 9.59 Å². The Kier molecular flexibility index (Phi) is 12.9. The van der Waals surface area contributed by atoms with E-state index in [0.717, 1.165) is 48.3 Å². The zero-order chi connectivity index (χ0) is 39.5. The van der Waals surface area contributed by atoms with Crippen LogP contribution in [0.1, 0.15) is 117 Å². The molecule has 8 rings (SSSR count). The van der Waals surface area contributed by atoms with Crippen LogP contribution in [-0.2, 0) is 35.3 Å². The van der Waals surface area contributed by atoms with Crippen molar-refractivity contribution in [3.63, 3.8) is 0 Å². The summed E-state index contributed by atoms with van der Waals surface area (Å²) in [5, 5.41) is 10.8. The predicted octanol–water partition coefficient (Wildman–Crippen LogP) is 14.9. The van der Waals surface area contributed by atoms with E-state index >= 15 is 0 Å². The van der Waals surface area contributed by atoms with Gasteiger partial charge in [0.2, 0.25) is 0 Å². The monoisotopic (exact) mass is 866 g/mol. The highest BCUT2D eigenvalue weighted by atomic mass is 32.1. The number of hydrogen-bond acceptors (Lipinski definition) is 8. The van der Waals surface area contributed by atoms with Crippen LogP contribution < -0.4 is 10.6 Å². The summed E-state index contributed by atoms with van der Waals surface area (Å²) in [5.41, 5.74) is 7.71. The van der Waals surface area contributed by atoms with Crippen LogP contribution in [0.3, 0.4) is 0 Å². The predicted molar refractivity (Wildman–Crippen MR) is 251 cm³/mol. The minimum atomic E-state index is -0.203. The molecule has 10 heteroatoms. The Morgan fingerprint density at radius 1 is 0.421 bits per heavy atom. The van der Waals surface area contributed by atoms with Gasteiger partial charge in [0.15, 0.2) is 0 Å².